The lowest BCUT2D eigenvalue weighted by molar-refractivity contribution is 0.124. The molecule has 0 atom stereocenters. The van der Waals surface area contributed by atoms with Crippen LogP contribution in [-0.4, -0.2) is 51.7 Å². The van der Waals surface area contributed by atoms with E-state index < -0.39 is 0 Å². The van der Waals surface area contributed by atoms with Gasteiger partial charge in [-0.3, -0.25) is 0 Å². The minimum absolute atomic E-state index is 0.584. The number of hydrogen-bond donors (Lipinski definition) is 2. The minimum atomic E-state index is 0.584. The molecule has 1 saturated carbocycles. The van der Waals surface area contributed by atoms with Gasteiger partial charge in [0, 0.05) is 13.1 Å². The number of piperidine rings is 1. The Kier molecular flexibility index (Phi) is 4.83. The van der Waals surface area contributed by atoms with Gasteiger partial charge >= 0.3 is 0 Å². The van der Waals surface area contributed by atoms with Gasteiger partial charge in [0.15, 0.2) is 0 Å². The first-order valence-corrected chi connectivity index (χ1v) is 7.28. The molecule has 100 valence electrons. The summed E-state index contributed by atoms with van der Waals surface area (Å²) in [5.74, 6) is 0.915. The quantitative estimate of drug-likeness (QED) is 0.732. The van der Waals surface area contributed by atoms with E-state index in [1.165, 1.54) is 64.8 Å². The van der Waals surface area contributed by atoms with Crippen molar-refractivity contribution in [3.8, 4) is 0 Å². The molecule has 0 spiro atoms. The van der Waals surface area contributed by atoms with E-state index in [-0.39, 0.29) is 0 Å². The van der Waals surface area contributed by atoms with Crippen LogP contribution in [0.2, 0.25) is 0 Å². The number of nitrogens with zero attached hydrogens (tertiary/aromatic N) is 1. The third kappa shape index (κ3) is 3.67. The summed E-state index contributed by atoms with van der Waals surface area (Å²) >= 11 is 0. The summed E-state index contributed by atoms with van der Waals surface area (Å²) in [6, 6.07) is 0. The van der Waals surface area contributed by atoms with Crippen LogP contribution >= 0.6 is 0 Å². The monoisotopic (exact) mass is 239 g/mol. The average molecular weight is 239 g/mol. The first kappa shape index (κ1) is 13.3. The van der Waals surface area contributed by atoms with E-state index in [1.807, 2.05) is 0 Å². The number of nitrogens with one attached hydrogen (secondary N) is 2. The third-order valence-electron chi connectivity index (χ3n) is 4.74. The summed E-state index contributed by atoms with van der Waals surface area (Å²) in [7, 11) is 4.32. The van der Waals surface area contributed by atoms with Gasteiger partial charge in [0.2, 0.25) is 0 Å². The summed E-state index contributed by atoms with van der Waals surface area (Å²) in [5, 5.41) is 7.10. The number of likely N-dealkylation sites (tertiary alicyclic amines) is 1. The van der Waals surface area contributed by atoms with Gasteiger partial charge < -0.3 is 15.5 Å². The Hall–Kier alpha value is -0.120. The predicted octanol–water partition coefficient (Wildman–Crippen LogP) is 1.31. The molecule has 2 rings (SSSR count). The Labute approximate surface area is 106 Å². The first-order valence-electron chi connectivity index (χ1n) is 7.28. The van der Waals surface area contributed by atoms with Gasteiger partial charge in [-0.2, -0.15) is 0 Å². The van der Waals surface area contributed by atoms with Crippen LogP contribution in [-0.2, 0) is 0 Å². The van der Waals surface area contributed by atoms with E-state index in [0.29, 0.717) is 5.41 Å². The second kappa shape index (κ2) is 6.17. The molecule has 1 aliphatic carbocycles. The van der Waals surface area contributed by atoms with Crippen LogP contribution in [0.1, 0.15) is 32.1 Å². The van der Waals surface area contributed by atoms with E-state index in [4.69, 9.17) is 0 Å². The molecule has 0 amide bonds. The summed E-state index contributed by atoms with van der Waals surface area (Å²) in [6.45, 7) is 6.22. The molecule has 1 saturated heterocycles. The highest BCUT2D eigenvalue weighted by molar-refractivity contribution is 4.91. The van der Waals surface area contributed by atoms with Crippen molar-refractivity contribution in [2.24, 2.45) is 11.3 Å². The lowest BCUT2D eigenvalue weighted by atomic mass is 9.68. The molecule has 0 aromatic carbocycles. The molecule has 2 aliphatic rings. The standard InChI is InChI=1S/C14H29N3/c1-15-11-14(6-3-7-14)12-16-10-13-4-8-17(2)9-5-13/h13,15-16H,3-12H2,1-2H3. The molecule has 2 fully saturated rings. The fraction of sp³-hybridized carbons (Fsp3) is 1.00. The van der Waals surface area contributed by atoms with Crippen molar-refractivity contribution in [2.75, 3.05) is 46.8 Å². The fourth-order valence-corrected chi connectivity index (χ4v) is 3.28. The van der Waals surface area contributed by atoms with Crippen LogP contribution in [0.15, 0.2) is 0 Å². The lowest BCUT2D eigenvalue weighted by Gasteiger charge is -2.42. The molecule has 1 aliphatic heterocycles. The second-order valence-corrected chi connectivity index (χ2v) is 6.26. The largest absolute Gasteiger partial charge is 0.319 e. The van der Waals surface area contributed by atoms with Gasteiger partial charge in [-0.25, -0.2) is 0 Å². The van der Waals surface area contributed by atoms with Gasteiger partial charge in [-0.05, 0) is 70.7 Å². The smallest absolute Gasteiger partial charge is 0.00201 e. The molecule has 0 unspecified atom stereocenters. The van der Waals surface area contributed by atoms with Crippen molar-refractivity contribution in [1.82, 2.24) is 15.5 Å². The Morgan fingerprint density at radius 3 is 2.41 bits per heavy atom. The molecule has 3 heteroatoms. The highest BCUT2D eigenvalue weighted by Crippen LogP contribution is 2.39. The Morgan fingerprint density at radius 1 is 1.18 bits per heavy atom. The zero-order valence-corrected chi connectivity index (χ0v) is 11.6. The fourth-order valence-electron chi connectivity index (χ4n) is 3.28. The van der Waals surface area contributed by atoms with Gasteiger partial charge in [-0.1, -0.05) is 6.42 Å². The van der Waals surface area contributed by atoms with Crippen LogP contribution in [0.3, 0.4) is 0 Å². The van der Waals surface area contributed by atoms with Crippen molar-refractivity contribution in [3.63, 3.8) is 0 Å². The third-order valence-corrected chi connectivity index (χ3v) is 4.74. The van der Waals surface area contributed by atoms with E-state index in [1.54, 1.807) is 0 Å². The van der Waals surface area contributed by atoms with Crippen LogP contribution < -0.4 is 10.6 Å². The molecular weight excluding hydrogens is 210 g/mol. The highest BCUT2D eigenvalue weighted by Gasteiger charge is 2.35. The topological polar surface area (TPSA) is 27.3 Å². The van der Waals surface area contributed by atoms with Crippen molar-refractivity contribution in [2.45, 2.75) is 32.1 Å². The van der Waals surface area contributed by atoms with E-state index in [0.717, 1.165) is 5.92 Å². The summed E-state index contributed by atoms with van der Waals surface area (Å²) in [6.07, 6.45) is 7.01. The molecule has 17 heavy (non-hydrogen) atoms. The van der Waals surface area contributed by atoms with Gasteiger partial charge in [0.1, 0.15) is 0 Å². The Morgan fingerprint density at radius 2 is 1.88 bits per heavy atom. The number of rotatable bonds is 6. The SMILES string of the molecule is CNCC1(CNCC2CCN(C)CC2)CCC1. The van der Waals surface area contributed by atoms with Gasteiger partial charge in [0.25, 0.3) is 0 Å². The molecule has 0 radical (unpaired) electrons. The maximum Gasteiger partial charge on any atom is 0.00201 e. The van der Waals surface area contributed by atoms with Crippen molar-refractivity contribution < 1.29 is 0 Å². The summed E-state index contributed by atoms with van der Waals surface area (Å²) in [4.78, 5) is 2.45. The van der Waals surface area contributed by atoms with Crippen molar-refractivity contribution in [1.29, 1.82) is 0 Å². The Balaban J connectivity index is 1.62. The zero-order valence-electron chi connectivity index (χ0n) is 11.6. The van der Waals surface area contributed by atoms with Crippen LogP contribution in [0.4, 0.5) is 0 Å². The van der Waals surface area contributed by atoms with Crippen LogP contribution in [0.5, 0.6) is 0 Å². The van der Waals surface area contributed by atoms with E-state index in [9.17, 15) is 0 Å². The van der Waals surface area contributed by atoms with Gasteiger partial charge in [0.05, 0.1) is 0 Å². The lowest BCUT2D eigenvalue weighted by Crippen LogP contribution is -2.47. The average Bonchev–Trinajstić information content (AvgIpc) is 2.28. The van der Waals surface area contributed by atoms with Crippen molar-refractivity contribution in [3.05, 3.63) is 0 Å². The number of hydrogen-bond acceptors (Lipinski definition) is 3. The molecule has 3 nitrogen and oxygen atoms in total. The maximum absolute atomic E-state index is 3.74. The Bertz CT molecular complexity index is 218. The molecule has 0 aromatic rings. The molecular formula is C14H29N3. The highest BCUT2D eigenvalue weighted by atomic mass is 15.1. The van der Waals surface area contributed by atoms with Crippen LogP contribution in [0.25, 0.3) is 0 Å². The molecule has 0 bridgehead atoms. The predicted molar refractivity (Wildman–Crippen MR) is 73.3 cm³/mol. The molecule has 0 aromatic heterocycles. The summed E-state index contributed by atoms with van der Waals surface area (Å²) in [5.41, 5.74) is 0.584. The van der Waals surface area contributed by atoms with E-state index >= 15 is 0 Å². The summed E-state index contributed by atoms with van der Waals surface area (Å²) < 4.78 is 0. The zero-order chi connectivity index (χ0) is 12.1. The maximum atomic E-state index is 3.74. The second-order valence-electron chi connectivity index (χ2n) is 6.26. The van der Waals surface area contributed by atoms with E-state index in [2.05, 4.69) is 29.6 Å². The van der Waals surface area contributed by atoms with Crippen LogP contribution in [0, 0.1) is 11.3 Å². The molecule has 2 N–H and O–H groups in total. The first-order chi connectivity index (χ1) is 8.24. The normalized spacial score (nSPS) is 25.8. The van der Waals surface area contributed by atoms with Crippen molar-refractivity contribution >= 4 is 0 Å². The minimum Gasteiger partial charge on any atom is -0.319 e. The van der Waals surface area contributed by atoms with Gasteiger partial charge in [-0.15, -0.1) is 0 Å². The molecule has 1 heterocycles.